The number of hydrogen-bond donors (Lipinski definition) is 1. The van der Waals surface area contributed by atoms with Crippen molar-refractivity contribution in [3.8, 4) is 17.2 Å². The predicted octanol–water partition coefficient (Wildman–Crippen LogP) is 1.24. The van der Waals surface area contributed by atoms with Gasteiger partial charge in [-0.2, -0.15) is 5.10 Å². The summed E-state index contributed by atoms with van der Waals surface area (Å²) in [4.78, 5) is 0. The molecular weight excluding hydrogens is 248 g/mol. The second-order valence-electron chi connectivity index (χ2n) is 4.06. The molecule has 7 heteroatoms. The Balaban J connectivity index is 2.52. The van der Waals surface area contributed by atoms with Crippen molar-refractivity contribution in [2.75, 3.05) is 14.2 Å². The van der Waals surface area contributed by atoms with Gasteiger partial charge in [0.1, 0.15) is 5.52 Å². The molecule has 0 aliphatic carbocycles. The number of nitrogens with zero attached hydrogens (tertiary/aromatic N) is 4. The lowest BCUT2D eigenvalue weighted by molar-refractivity contribution is 0.342. The van der Waals surface area contributed by atoms with Crippen LogP contribution in [0.2, 0.25) is 0 Å². The maximum Gasteiger partial charge on any atom is 0.203 e. The van der Waals surface area contributed by atoms with Crippen LogP contribution >= 0.6 is 0 Å². The molecule has 0 saturated carbocycles. The second-order valence-corrected chi connectivity index (χ2v) is 4.06. The monoisotopic (exact) mass is 260 g/mol. The van der Waals surface area contributed by atoms with Crippen LogP contribution in [0, 0.1) is 0 Å². The van der Waals surface area contributed by atoms with Crippen LogP contribution in [0.1, 0.15) is 0 Å². The molecule has 98 valence electrons. The molecule has 0 aliphatic heterocycles. The summed E-state index contributed by atoms with van der Waals surface area (Å²) in [5.41, 5.74) is 1.13. The molecule has 0 fully saturated rings. The van der Waals surface area contributed by atoms with Gasteiger partial charge in [-0.05, 0) is 6.07 Å². The number of aromatic nitrogens is 4. The Morgan fingerprint density at radius 1 is 1.16 bits per heavy atom. The SMILES string of the molecule is COc1cc2c(nnc3c2cnn3C)c(OC)c1O. The minimum atomic E-state index is -0.0879. The topological polar surface area (TPSA) is 82.3 Å². The van der Waals surface area contributed by atoms with E-state index in [9.17, 15) is 5.11 Å². The van der Waals surface area contributed by atoms with Crippen molar-refractivity contribution in [3.63, 3.8) is 0 Å². The molecule has 19 heavy (non-hydrogen) atoms. The standard InChI is InChI=1S/C12H12N4O3/c1-16-12-7(5-13-16)6-4-8(18-2)10(17)11(19-3)9(6)14-15-12/h4-5,17H,1-3H3. The predicted molar refractivity (Wildman–Crippen MR) is 68.6 cm³/mol. The molecule has 2 heterocycles. The van der Waals surface area contributed by atoms with Crippen LogP contribution in [0.4, 0.5) is 0 Å². The maximum atomic E-state index is 10.0. The third kappa shape index (κ3) is 1.48. The van der Waals surface area contributed by atoms with Gasteiger partial charge in [-0.3, -0.25) is 0 Å². The summed E-state index contributed by atoms with van der Waals surface area (Å²) in [5.74, 6) is 0.477. The van der Waals surface area contributed by atoms with E-state index in [1.807, 2.05) is 0 Å². The van der Waals surface area contributed by atoms with Crippen molar-refractivity contribution in [2.24, 2.45) is 7.05 Å². The molecular formula is C12H12N4O3. The summed E-state index contributed by atoms with van der Waals surface area (Å²) < 4.78 is 12.0. The first-order chi connectivity index (χ1) is 9.17. The van der Waals surface area contributed by atoms with Crippen LogP contribution in [-0.4, -0.2) is 39.3 Å². The Kier molecular flexibility index (Phi) is 2.41. The number of hydrogen-bond acceptors (Lipinski definition) is 6. The molecule has 7 nitrogen and oxygen atoms in total. The molecule has 0 atom stereocenters. The maximum absolute atomic E-state index is 10.0. The summed E-state index contributed by atoms with van der Waals surface area (Å²) in [7, 11) is 4.73. The van der Waals surface area contributed by atoms with E-state index in [-0.39, 0.29) is 11.5 Å². The average Bonchev–Trinajstić information content (AvgIpc) is 2.80. The van der Waals surface area contributed by atoms with Gasteiger partial charge in [0.05, 0.1) is 25.8 Å². The minimum absolute atomic E-state index is 0.0879. The number of aryl methyl sites for hydroxylation is 1. The lowest BCUT2D eigenvalue weighted by Gasteiger charge is -2.10. The Bertz CT molecular complexity index is 782. The van der Waals surface area contributed by atoms with Crippen LogP contribution < -0.4 is 9.47 Å². The first kappa shape index (κ1) is 11.5. The average molecular weight is 260 g/mol. The highest BCUT2D eigenvalue weighted by Gasteiger charge is 2.18. The Morgan fingerprint density at radius 2 is 1.95 bits per heavy atom. The Morgan fingerprint density at radius 3 is 2.63 bits per heavy atom. The highest BCUT2D eigenvalue weighted by molar-refractivity contribution is 6.06. The number of phenols is 1. The molecule has 3 aromatic rings. The molecule has 0 spiro atoms. The van der Waals surface area contributed by atoms with E-state index in [1.54, 1.807) is 24.0 Å². The van der Waals surface area contributed by atoms with E-state index in [0.29, 0.717) is 16.9 Å². The van der Waals surface area contributed by atoms with Crippen molar-refractivity contribution in [3.05, 3.63) is 12.3 Å². The number of phenolic OH excluding ortho intramolecular Hbond substituents is 1. The minimum Gasteiger partial charge on any atom is -0.502 e. The molecule has 0 radical (unpaired) electrons. The largest absolute Gasteiger partial charge is 0.502 e. The fourth-order valence-corrected chi connectivity index (χ4v) is 2.10. The van der Waals surface area contributed by atoms with Gasteiger partial charge in [-0.1, -0.05) is 0 Å². The summed E-state index contributed by atoms with van der Waals surface area (Å²) in [6.45, 7) is 0. The van der Waals surface area contributed by atoms with E-state index >= 15 is 0 Å². The Labute approximate surface area is 108 Å². The van der Waals surface area contributed by atoms with Gasteiger partial charge in [0, 0.05) is 12.4 Å². The Hall–Kier alpha value is -2.57. The quantitative estimate of drug-likeness (QED) is 0.746. The number of methoxy groups -OCH3 is 2. The lowest BCUT2D eigenvalue weighted by Crippen LogP contribution is -1.97. The van der Waals surface area contributed by atoms with E-state index in [0.717, 1.165) is 10.8 Å². The lowest BCUT2D eigenvalue weighted by atomic mass is 10.1. The summed E-state index contributed by atoms with van der Waals surface area (Å²) in [5, 5.41) is 24.0. The fourth-order valence-electron chi connectivity index (χ4n) is 2.10. The number of benzene rings is 1. The number of aromatic hydroxyl groups is 1. The molecule has 2 aromatic heterocycles. The summed E-state index contributed by atoms with van der Waals surface area (Å²) in [6, 6.07) is 1.70. The van der Waals surface area contributed by atoms with Gasteiger partial charge in [-0.15, -0.1) is 10.2 Å². The molecule has 0 amide bonds. The van der Waals surface area contributed by atoms with Crippen LogP contribution in [0.15, 0.2) is 12.3 Å². The third-order valence-electron chi connectivity index (χ3n) is 3.06. The van der Waals surface area contributed by atoms with E-state index in [4.69, 9.17) is 9.47 Å². The fraction of sp³-hybridized carbons (Fsp3) is 0.250. The zero-order chi connectivity index (χ0) is 13.6. The molecule has 0 aliphatic rings. The van der Waals surface area contributed by atoms with Crippen molar-refractivity contribution in [1.29, 1.82) is 0 Å². The molecule has 0 unspecified atom stereocenters. The van der Waals surface area contributed by atoms with Crippen LogP contribution in [0.5, 0.6) is 17.2 Å². The molecule has 1 N–H and O–H groups in total. The third-order valence-corrected chi connectivity index (χ3v) is 3.06. The molecule has 0 saturated heterocycles. The van der Waals surface area contributed by atoms with Crippen molar-refractivity contribution >= 4 is 21.9 Å². The molecule has 0 bridgehead atoms. The van der Waals surface area contributed by atoms with Gasteiger partial charge in [0.15, 0.2) is 17.1 Å². The number of fused-ring (bicyclic) bond motifs is 3. The van der Waals surface area contributed by atoms with Gasteiger partial charge in [-0.25, -0.2) is 4.68 Å². The first-order valence-corrected chi connectivity index (χ1v) is 5.59. The van der Waals surface area contributed by atoms with Gasteiger partial charge in [0.25, 0.3) is 0 Å². The molecule has 1 aromatic carbocycles. The van der Waals surface area contributed by atoms with Crippen molar-refractivity contribution in [2.45, 2.75) is 0 Å². The van der Waals surface area contributed by atoms with E-state index in [2.05, 4.69) is 15.3 Å². The smallest absolute Gasteiger partial charge is 0.203 e. The van der Waals surface area contributed by atoms with Crippen molar-refractivity contribution < 1.29 is 14.6 Å². The summed E-state index contributed by atoms with van der Waals surface area (Å²) in [6.07, 6.45) is 1.70. The highest BCUT2D eigenvalue weighted by atomic mass is 16.5. The van der Waals surface area contributed by atoms with Gasteiger partial charge >= 0.3 is 0 Å². The second kappa shape index (κ2) is 3.98. The van der Waals surface area contributed by atoms with Gasteiger partial charge in [0.2, 0.25) is 5.75 Å². The molecule has 3 rings (SSSR count). The van der Waals surface area contributed by atoms with E-state index in [1.165, 1.54) is 14.2 Å². The number of rotatable bonds is 2. The zero-order valence-corrected chi connectivity index (χ0v) is 10.7. The highest BCUT2D eigenvalue weighted by Crippen LogP contribution is 2.42. The van der Waals surface area contributed by atoms with E-state index < -0.39 is 0 Å². The van der Waals surface area contributed by atoms with Crippen LogP contribution in [-0.2, 0) is 7.05 Å². The van der Waals surface area contributed by atoms with Crippen LogP contribution in [0.3, 0.4) is 0 Å². The zero-order valence-electron chi connectivity index (χ0n) is 10.7. The number of ether oxygens (including phenoxy) is 2. The van der Waals surface area contributed by atoms with Crippen molar-refractivity contribution in [1.82, 2.24) is 20.0 Å². The normalized spacial score (nSPS) is 11.1. The van der Waals surface area contributed by atoms with Crippen LogP contribution in [0.25, 0.3) is 21.9 Å². The van der Waals surface area contributed by atoms with Gasteiger partial charge < -0.3 is 14.6 Å². The first-order valence-electron chi connectivity index (χ1n) is 5.59. The summed E-state index contributed by atoms with van der Waals surface area (Å²) >= 11 is 0.